The van der Waals surface area contributed by atoms with E-state index in [2.05, 4.69) is 10.6 Å². The SMILES string of the molecule is CCC1(O)C(=O)OCc2c1cc1n(c2=O)Cc2c-1nc1cc(F)c(C)c3c1c2C(NC(=O)OCc1ccc(NC)cc1)CC3. The quantitative estimate of drug-likeness (QED) is 0.253. The van der Waals surface area contributed by atoms with Crippen LogP contribution in [-0.4, -0.2) is 33.8 Å². The molecule has 3 aliphatic rings. The molecule has 2 aromatic heterocycles. The molecule has 0 radical (unpaired) electrons. The van der Waals surface area contributed by atoms with Gasteiger partial charge in [0.2, 0.25) is 0 Å². The Bertz CT molecular complexity index is 1950. The number of benzene rings is 2. The maximum atomic E-state index is 15.1. The van der Waals surface area contributed by atoms with Crippen LogP contribution in [0.2, 0.25) is 0 Å². The third kappa shape index (κ3) is 4.10. The van der Waals surface area contributed by atoms with Crippen LogP contribution in [0.15, 0.2) is 41.2 Å². The highest BCUT2D eigenvalue weighted by atomic mass is 19.1. The summed E-state index contributed by atoms with van der Waals surface area (Å²) in [7, 11) is 1.83. The highest BCUT2D eigenvalue weighted by Gasteiger charge is 2.46. The molecule has 2 aliphatic heterocycles. The molecular formula is C33H31FN4O6. The van der Waals surface area contributed by atoms with E-state index in [1.165, 1.54) is 6.07 Å². The number of rotatable bonds is 5. The molecule has 2 atom stereocenters. The first-order chi connectivity index (χ1) is 21.1. The zero-order valence-electron chi connectivity index (χ0n) is 24.5. The Labute approximate surface area is 251 Å². The molecule has 4 aromatic rings. The summed E-state index contributed by atoms with van der Waals surface area (Å²) in [6, 6.07) is 10.1. The molecule has 7 rings (SSSR count). The molecular weight excluding hydrogens is 567 g/mol. The van der Waals surface area contributed by atoms with Gasteiger partial charge in [-0.2, -0.15) is 0 Å². The number of pyridine rings is 2. The first-order valence-electron chi connectivity index (χ1n) is 14.7. The lowest BCUT2D eigenvalue weighted by Crippen LogP contribution is -2.44. The molecule has 0 bridgehead atoms. The van der Waals surface area contributed by atoms with Crippen LogP contribution in [-0.2, 0) is 46.0 Å². The molecule has 1 amide bonds. The van der Waals surface area contributed by atoms with E-state index in [9.17, 15) is 19.5 Å². The maximum Gasteiger partial charge on any atom is 0.407 e. The number of nitrogens with zero attached hydrogens (tertiary/aromatic N) is 2. The first-order valence-corrected chi connectivity index (χ1v) is 14.7. The number of anilines is 1. The van der Waals surface area contributed by atoms with Crippen molar-refractivity contribution in [3.05, 3.63) is 91.5 Å². The van der Waals surface area contributed by atoms with E-state index in [-0.39, 0.29) is 43.1 Å². The molecule has 44 heavy (non-hydrogen) atoms. The minimum absolute atomic E-state index is 0.0204. The summed E-state index contributed by atoms with van der Waals surface area (Å²) in [5, 5.41) is 18.1. The van der Waals surface area contributed by atoms with Gasteiger partial charge in [0.05, 0.1) is 35.1 Å². The Morgan fingerprint density at radius 3 is 2.70 bits per heavy atom. The lowest BCUT2D eigenvalue weighted by Gasteiger charge is -2.31. The van der Waals surface area contributed by atoms with Gasteiger partial charge in [0.25, 0.3) is 5.56 Å². The van der Waals surface area contributed by atoms with E-state index in [4.69, 9.17) is 14.5 Å². The number of carbonyl (C=O) groups is 2. The third-order valence-corrected chi connectivity index (χ3v) is 9.28. The summed E-state index contributed by atoms with van der Waals surface area (Å²) in [4.78, 5) is 44.3. The van der Waals surface area contributed by atoms with Crippen molar-refractivity contribution in [3.8, 4) is 11.4 Å². The van der Waals surface area contributed by atoms with Crippen molar-refractivity contribution in [1.82, 2.24) is 14.9 Å². The van der Waals surface area contributed by atoms with Crippen LogP contribution in [0.25, 0.3) is 22.3 Å². The molecule has 10 nitrogen and oxygen atoms in total. The van der Waals surface area contributed by atoms with E-state index in [0.717, 1.165) is 33.3 Å². The number of aliphatic hydroxyl groups is 1. The molecule has 2 aromatic carbocycles. The Morgan fingerprint density at radius 2 is 1.98 bits per heavy atom. The van der Waals surface area contributed by atoms with Gasteiger partial charge in [0, 0.05) is 35.3 Å². The molecule has 11 heteroatoms. The second-order valence-corrected chi connectivity index (χ2v) is 11.6. The zero-order valence-corrected chi connectivity index (χ0v) is 24.5. The van der Waals surface area contributed by atoms with E-state index in [1.54, 1.807) is 24.5 Å². The van der Waals surface area contributed by atoms with Crippen molar-refractivity contribution < 1.29 is 28.6 Å². The second kappa shape index (κ2) is 10.2. The topological polar surface area (TPSA) is 132 Å². The summed E-state index contributed by atoms with van der Waals surface area (Å²) in [5.41, 5.74) is 3.96. The first kappa shape index (κ1) is 28.0. The van der Waals surface area contributed by atoms with Gasteiger partial charge < -0.3 is 29.8 Å². The summed E-state index contributed by atoms with van der Waals surface area (Å²) in [5.74, 6) is -1.19. The van der Waals surface area contributed by atoms with Gasteiger partial charge in [0.15, 0.2) is 5.60 Å². The molecule has 226 valence electrons. The minimum Gasteiger partial charge on any atom is -0.458 e. The van der Waals surface area contributed by atoms with Crippen molar-refractivity contribution in [2.24, 2.45) is 0 Å². The second-order valence-electron chi connectivity index (χ2n) is 11.6. The van der Waals surface area contributed by atoms with Crippen LogP contribution in [0.5, 0.6) is 0 Å². The molecule has 0 saturated heterocycles. The smallest absolute Gasteiger partial charge is 0.407 e. The number of hydrogen-bond donors (Lipinski definition) is 3. The predicted molar refractivity (Wildman–Crippen MR) is 160 cm³/mol. The normalized spacial score (nSPS) is 19.6. The van der Waals surface area contributed by atoms with Gasteiger partial charge in [0.1, 0.15) is 19.0 Å². The Balaban J connectivity index is 1.32. The fourth-order valence-corrected chi connectivity index (χ4v) is 6.80. The van der Waals surface area contributed by atoms with Gasteiger partial charge in [-0.3, -0.25) is 4.79 Å². The van der Waals surface area contributed by atoms with Crippen LogP contribution >= 0.6 is 0 Å². The number of fused-ring (bicyclic) bond motifs is 5. The molecule has 4 heterocycles. The summed E-state index contributed by atoms with van der Waals surface area (Å²) in [6.45, 7) is 3.38. The van der Waals surface area contributed by atoms with Gasteiger partial charge in [-0.1, -0.05) is 19.1 Å². The van der Waals surface area contributed by atoms with Crippen molar-refractivity contribution in [1.29, 1.82) is 0 Å². The average Bonchev–Trinajstić information content (AvgIpc) is 3.40. The Morgan fingerprint density at radius 1 is 1.20 bits per heavy atom. The summed E-state index contributed by atoms with van der Waals surface area (Å²) < 4.78 is 27.4. The molecule has 0 fully saturated rings. The molecule has 3 N–H and O–H groups in total. The number of halogens is 1. The lowest BCUT2D eigenvalue weighted by atomic mass is 9.81. The van der Waals surface area contributed by atoms with Gasteiger partial charge in [-0.05, 0) is 66.6 Å². The monoisotopic (exact) mass is 598 g/mol. The largest absolute Gasteiger partial charge is 0.458 e. The van der Waals surface area contributed by atoms with Crippen LogP contribution in [0.1, 0.15) is 64.8 Å². The number of alkyl carbamates (subject to hydrolysis) is 1. The molecule has 0 spiro atoms. The minimum atomic E-state index is -1.96. The number of aryl methyl sites for hydroxylation is 1. The number of aromatic nitrogens is 2. The van der Waals surface area contributed by atoms with Crippen molar-refractivity contribution in [3.63, 3.8) is 0 Å². The van der Waals surface area contributed by atoms with Crippen molar-refractivity contribution in [2.75, 3.05) is 12.4 Å². The van der Waals surface area contributed by atoms with E-state index in [1.807, 2.05) is 31.3 Å². The number of hydrogen-bond acceptors (Lipinski definition) is 8. The maximum absolute atomic E-state index is 15.1. The lowest BCUT2D eigenvalue weighted by molar-refractivity contribution is -0.172. The molecule has 2 unspecified atom stereocenters. The van der Waals surface area contributed by atoms with Crippen LogP contribution in [0, 0.1) is 12.7 Å². The summed E-state index contributed by atoms with van der Waals surface area (Å²) in [6.07, 6.45) is 0.440. The zero-order chi connectivity index (χ0) is 30.9. The van der Waals surface area contributed by atoms with Gasteiger partial charge in [-0.25, -0.2) is 19.0 Å². The van der Waals surface area contributed by atoms with Crippen LogP contribution in [0.4, 0.5) is 14.9 Å². The van der Waals surface area contributed by atoms with Crippen molar-refractivity contribution in [2.45, 2.75) is 64.5 Å². The number of ether oxygens (including phenoxy) is 2. The highest BCUT2D eigenvalue weighted by molar-refractivity contribution is 5.93. The van der Waals surface area contributed by atoms with Gasteiger partial charge in [-0.15, -0.1) is 0 Å². The molecule has 1 aliphatic carbocycles. The number of amides is 1. The Kier molecular flexibility index (Phi) is 6.47. The van der Waals surface area contributed by atoms with E-state index in [0.29, 0.717) is 35.3 Å². The Hall–Kier alpha value is -4.77. The fourth-order valence-electron chi connectivity index (χ4n) is 6.80. The van der Waals surface area contributed by atoms with Crippen molar-refractivity contribution >= 4 is 28.7 Å². The number of cyclic esters (lactones) is 1. The standard InChI is InChI=1S/C33H31FN4O6/c1-4-33(42)22-11-26-29-20(13-38(26)30(39)21(22)15-43-31(33)40)28-24(10-9-19-16(2)23(34)12-25(36-29)27(19)28)37-32(41)44-14-17-5-7-18(35-3)8-6-17/h5-8,11-12,24,35,42H,4,9-10,13-15H2,1-3H3,(H,37,41). The highest BCUT2D eigenvalue weighted by Crippen LogP contribution is 2.46. The predicted octanol–water partition coefficient (Wildman–Crippen LogP) is 4.48. The number of carbonyl (C=O) groups excluding carboxylic acids is 2. The average molecular weight is 599 g/mol. The van der Waals surface area contributed by atoms with Gasteiger partial charge >= 0.3 is 12.1 Å². The number of nitrogens with one attached hydrogen (secondary N) is 2. The fraction of sp³-hybridized carbons (Fsp3) is 0.333. The third-order valence-electron chi connectivity index (χ3n) is 9.28. The van der Waals surface area contributed by atoms with Crippen LogP contribution < -0.4 is 16.2 Å². The molecule has 0 saturated carbocycles. The van der Waals surface area contributed by atoms with E-state index < -0.39 is 29.3 Å². The number of esters is 1. The van der Waals surface area contributed by atoms with E-state index >= 15 is 4.39 Å². The summed E-state index contributed by atoms with van der Waals surface area (Å²) >= 11 is 0. The van der Waals surface area contributed by atoms with Crippen LogP contribution in [0.3, 0.4) is 0 Å².